The lowest BCUT2D eigenvalue weighted by Crippen LogP contribution is -2.29. The predicted octanol–water partition coefficient (Wildman–Crippen LogP) is 2.47. The number of nitro benzene ring substituents is 1. The van der Waals surface area contributed by atoms with E-state index >= 15 is 0 Å². The maximum absolute atomic E-state index is 12.5. The smallest absolute Gasteiger partial charge is 0.270 e. The number of aromatic nitrogens is 2. The molecule has 0 atom stereocenters. The van der Waals surface area contributed by atoms with E-state index in [4.69, 9.17) is 9.47 Å². The Morgan fingerprint density at radius 3 is 2.63 bits per heavy atom. The molecule has 2 aromatic carbocycles. The molecule has 0 saturated carbocycles. The zero-order valence-corrected chi connectivity index (χ0v) is 16.2. The first-order valence-corrected chi connectivity index (χ1v) is 8.76. The highest BCUT2D eigenvalue weighted by Gasteiger charge is 2.13. The minimum Gasteiger partial charge on any atom is -0.497 e. The Labute approximate surface area is 170 Å². The zero-order chi connectivity index (χ0) is 21.7. The van der Waals surface area contributed by atoms with Crippen molar-refractivity contribution < 1.29 is 19.2 Å². The number of methoxy groups -OCH3 is 2. The molecule has 30 heavy (non-hydrogen) atoms. The van der Waals surface area contributed by atoms with E-state index < -0.39 is 16.4 Å². The van der Waals surface area contributed by atoms with Gasteiger partial charge in [-0.25, -0.2) is 4.68 Å². The topological polar surface area (TPSA) is 126 Å². The Balaban J connectivity index is 1.84. The largest absolute Gasteiger partial charge is 0.497 e. The normalized spacial score (nSPS) is 10.3. The van der Waals surface area contributed by atoms with Crippen molar-refractivity contribution in [3.8, 4) is 22.8 Å². The predicted molar refractivity (Wildman–Crippen MR) is 109 cm³/mol. The van der Waals surface area contributed by atoms with Crippen LogP contribution >= 0.6 is 0 Å². The zero-order valence-electron chi connectivity index (χ0n) is 16.2. The van der Waals surface area contributed by atoms with Crippen LogP contribution in [0.5, 0.6) is 11.5 Å². The third-order valence-corrected chi connectivity index (χ3v) is 4.19. The minimum absolute atomic E-state index is 0.102. The van der Waals surface area contributed by atoms with Crippen molar-refractivity contribution in [1.29, 1.82) is 0 Å². The van der Waals surface area contributed by atoms with E-state index in [1.807, 2.05) is 0 Å². The Morgan fingerprint density at radius 2 is 1.93 bits per heavy atom. The van der Waals surface area contributed by atoms with Gasteiger partial charge in [-0.3, -0.25) is 19.7 Å². The Bertz CT molecular complexity index is 1160. The van der Waals surface area contributed by atoms with Crippen LogP contribution in [0.1, 0.15) is 0 Å². The highest BCUT2D eigenvalue weighted by molar-refractivity contribution is 5.92. The number of nitrogens with one attached hydrogen (secondary N) is 1. The highest BCUT2D eigenvalue weighted by Crippen LogP contribution is 2.28. The van der Waals surface area contributed by atoms with E-state index in [1.165, 1.54) is 44.6 Å². The van der Waals surface area contributed by atoms with Gasteiger partial charge in [0.1, 0.15) is 18.0 Å². The average molecular weight is 410 g/mol. The molecule has 154 valence electrons. The first kappa shape index (κ1) is 20.5. The van der Waals surface area contributed by atoms with Crippen LogP contribution in [0.3, 0.4) is 0 Å². The van der Waals surface area contributed by atoms with Gasteiger partial charge in [0.25, 0.3) is 11.2 Å². The molecule has 0 spiro atoms. The fraction of sp³-hybridized carbons (Fsp3) is 0.150. The van der Waals surface area contributed by atoms with Gasteiger partial charge < -0.3 is 14.8 Å². The summed E-state index contributed by atoms with van der Waals surface area (Å²) in [4.78, 5) is 35.1. The van der Waals surface area contributed by atoms with E-state index in [0.29, 0.717) is 28.4 Å². The van der Waals surface area contributed by atoms with Crippen LogP contribution in [0.4, 0.5) is 11.4 Å². The molecule has 1 amide bonds. The number of hydrogen-bond acceptors (Lipinski definition) is 7. The SMILES string of the molecule is COc1ccc(OC)c(NC(=O)Cn2nc(-c3cccc([N+](=O)[O-])c3)ccc2=O)c1. The van der Waals surface area contributed by atoms with E-state index in [9.17, 15) is 19.7 Å². The van der Waals surface area contributed by atoms with Crippen LogP contribution in [-0.2, 0) is 11.3 Å². The van der Waals surface area contributed by atoms with Gasteiger partial charge in [-0.05, 0) is 18.2 Å². The molecule has 3 aromatic rings. The van der Waals surface area contributed by atoms with E-state index in [0.717, 1.165) is 4.68 Å². The van der Waals surface area contributed by atoms with Gasteiger partial charge in [-0.2, -0.15) is 5.10 Å². The molecular weight excluding hydrogens is 392 g/mol. The van der Waals surface area contributed by atoms with Crippen molar-refractivity contribution in [2.75, 3.05) is 19.5 Å². The van der Waals surface area contributed by atoms with Crippen LogP contribution in [0.15, 0.2) is 59.4 Å². The van der Waals surface area contributed by atoms with Crippen molar-refractivity contribution in [1.82, 2.24) is 9.78 Å². The fourth-order valence-electron chi connectivity index (χ4n) is 2.73. The van der Waals surface area contributed by atoms with Gasteiger partial charge in [0.05, 0.1) is 30.5 Å². The summed E-state index contributed by atoms with van der Waals surface area (Å²) in [6.45, 7) is -0.359. The first-order valence-electron chi connectivity index (χ1n) is 8.76. The lowest BCUT2D eigenvalue weighted by Gasteiger charge is -2.12. The molecule has 0 saturated heterocycles. The Morgan fingerprint density at radius 1 is 1.13 bits per heavy atom. The number of amides is 1. The summed E-state index contributed by atoms with van der Waals surface area (Å²) in [5.74, 6) is 0.441. The number of rotatable bonds is 7. The molecular formula is C20H18N4O6. The summed E-state index contributed by atoms with van der Waals surface area (Å²) in [6.07, 6.45) is 0. The monoisotopic (exact) mass is 410 g/mol. The minimum atomic E-state index is -0.519. The summed E-state index contributed by atoms with van der Waals surface area (Å²) in [6, 6.07) is 13.5. The lowest BCUT2D eigenvalue weighted by molar-refractivity contribution is -0.384. The molecule has 0 bridgehead atoms. The third kappa shape index (κ3) is 4.61. The second-order valence-corrected chi connectivity index (χ2v) is 6.14. The standard InChI is InChI=1S/C20H18N4O6/c1-29-15-6-8-18(30-2)17(11-15)21-19(25)12-23-20(26)9-7-16(22-23)13-4-3-5-14(10-13)24(27)28/h3-11H,12H2,1-2H3,(H,21,25). The van der Waals surface area contributed by atoms with Crippen LogP contribution < -0.4 is 20.3 Å². The molecule has 0 aliphatic carbocycles. The molecule has 0 aliphatic heterocycles. The number of nitro groups is 1. The molecule has 0 radical (unpaired) electrons. The summed E-state index contributed by atoms with van der Waals surface area (Å²) in [5.41, 5.74) is 0.564. The number of carbonyl (C=O) groups is 1. The number of ether oxygens (including phenoxy) is 2. The molecule has 1 heterocycles. The van der Waals surface area contributed by atoms with Gasteiger partial charge >= 0.3 is 0 Å². The van der Waals surface area contributed by atoms with Gasteiger partial charge in [0.15, 0.2) is 0 Å². The number of non-ortho nitro benzene ring substituents is 1. The first-order chi connectivity index (χ1) is 14.4. The van der Waals surface area contributed by atoms with Crippen LogP contribution in [0, 0.1) is 10.1 Å². The van der Waals surface area contributed by atoms with Crippen molar-refractivity contribution in [3.63, 3.8) is 0 Å². The van der Waals surface area contributed by atoms with E-state index in [1.54, 1.807) is 24.3 Å². The molecule has 0 fully saturated rings. The summed E-state index contributed by atoms with van der Waals surface area (Å²) in [5, 5.41) is 17.8. The van der Waals surface area contributed by atoms with Gasteiger partial charge in [-0.15, -0.1) is 0 Å². The average Bonchev–Trinajstić information content (AvgIpc) is 2.75. The maximum Gasteiger partial charge on any atom is 0.270 e. The fourth-order valence-corrected chi connectivity index (χ4v) is 2.73. The second-order valence-electron chi connectivity index (χ2n) is 6.14. The molecule has 3 rings (SSSR count). The summed E-state index contributed by atoms with van der Waals surface area (Å²) < 4.78 is 11.3. The number of hydrogen-bond donors (Lipinski definition) is 1. The Hall–Kier alpha value is -4.21. The van der Waals surface area contributed by atoms with Crippen LogP contribution in [0.2, 0.25) is 0 Å². The van der Waals surface area contributed by atoms with Gasteiger partial charge in [-0.1, -0.05) is 12.1 Å². The number of nitrogens with zero attached hydrogens (tertiary/aromatic N) is 3. The molecule has 1 N–H and O–H groups in total. The van der Waals surface area contributed by atoms with Crippen molar-refractivity contribution in [2.45, 2.75) is 6.54 Å². The number of carbonyl (C=O) groups excluding carboxylic acids is 1. The molecule has 0 unspecified atom stereocenters. The summed E-state index contributed by atoms with van der Waals surface area (Å²) in [7, 11) is 2.96. The van der Waals surface area contributed by atoms with Crippen molar-refractivity contribution in [3.05, 3.63) is 75.1 Å². The van der Waals surface area contributed by atoms with Crippen molar-refractivity contribution >= 4 is 17.3 Å². The number of anilines is 1. The Kier molecular flexibility index (Phi) is 6.06. The molecule has 10 heteroatoms. The van der Waals surface area contributed by atoms with Crippen molar-refractivity contribution in [2.24, 2.45) is 0 Å². The molecule has 10 nitrogen and oxygen atoms in total. The lowest BCUT2D eigenvalue weighted by atomic mass is 10.1. The number of benzene rings is 2. The molecule has 1 aromatic heterocycles. The summed E-state index contributed by atoms with van der Waals surface area (Å²) >= 11 is 0. The third-order valence-electron chi connectivity index (χ3n) is 4.19. The van der Waals surface area contributed by atoms with Crippen LogP contribution in [0.25, 0.3) is 11.3 Å². The second kappa shape index (κ2) is 8.86. The van der Waals surface area contributed by atoms with E-state index in [-0.39, 0.29) is 12.2 Å². The highest BCUT2D eigenvalue weighted by atomic mass is 16.6. The van der Waals surface area contributed by atoms with E-state index in [2.05, 4.69) is 10.4 Å². The molecule has 0 aliphatic rings. The van der Waals surface area contributed by atoms with Gasteiger partial charge in [0, 0.05) is 29.8 Å². The maximum atomic E-state index is 12.5. The van der Waals surface area contributed by atoms with Crippen LogP contribution in [-0.4, -0.2) is 34.8 Å². The van der Waals surface area contributed by atoms with Gasteiger partial charge in [0.2, 0.25) is 5.91 Å². The quantitative estimate of drug-likeness (QED) is 0.468.